The molecular formula is C20H21NO5. The summed E-state index contributed by atoms with van der Waals surface area (Å²) in [6.07, 6.45) is -0.962. The smallest absolute Gasteiger partial charge is 0.344 e. The molecule has 0 aromatic heterocycles. The molecule has 1 N–H and O–H groups in total. The van der Waals surface area contributed by atoms with Gasteiger partial charge in [0.2, 0.25) is 0 Å². The van der Waals surface area contributed by atoms with Crippen LogP contribution < -0.4 is 10.1 Å². The van der Waals surface area contributed by atoms with Crippen molar-refractivity contribution in [3.8, 4) is 5.75 Å². The number of aryl methyl sites for hydroxylation is 1. The zero-order valence-corrected chi connectivity index (χ0v) is 14.9. The second kappa shape index (κ2) is 8.80. The van der Waals surface area contributed by atoms with Crippen molar-refractivity contribution in [1.29, 1.82) is 0 Å². The van der Waals surface area contributed by atoms with Gasteiger partial charge in [0, 0.05) is 11.3 Å². The Hall–Kier alpha value is -3.15. The minimum Gasteiger partial charge on any atom is -0.482 e. The fourth-order valence-electron chi connectivity index (χ4n) is 2.11. The molecule has 0 unspecified atom stereocenters. The summed E-state index contributed by atoms with van der Waals surface area (Å²) in [7, 11) is 0. The topological polar surface area (TPSA) is 81.7 Å². The van der Waals surface area contributed by atoms with Crippen LogP contribution >= 0.6 is 0 Å². The van der Waals surface area contributed by atoms with Crippen LogP contribution in [0.3, 0.4) is 0 Å². The van der Waals surface area contributed by atoms with Crippen molar-refractivity contribution < 1.29 is 23.9 Å². The average molecular weight is 355 g/mol. The van der Waals surface area contributed by atoms with E-state index in [0.29, 0.717) is 17.0 Å². The summed E-state index contributed by atoms with van der Waals surface area (Å²) in [6.45, 7) is 4.52. The SMILES string of the molecule is CC(=O)c1cccc(OCC(=O)O[C@H](C)C(=O)Nc2ccc(C)cc2)c1. The maximum atomic E-state index is 12.1. The molecule has 0 spiro atoms. The number of anilines is 1. The second-order valence-electron chi connectivity index (χ2n) is 5.86. The van der Waals surface area contributed by atoms with E-state index in [1.807, 2.05) is 19.1 Å². The summed E-state index contributed by atoms with van der Waals surface area (Å²) >= 11 is 0. The molecular weight excluding hydrogens is 334 g/mol. The number of hydrogen-bond acceptors (Lipinski definition) is 5. The Morgan fingerprint density at radius 3 is 2.42 bits per heavy atom. The number of nitrogens with one attached hydrogen (secondary N) is 1. The van der Waals surface area contributed by atoms with Crippen molar-refractivity contribution in [2.24, 2.45) is 0 Å². The van der Waals surface area contributed by atoms with Crippen LogP contribution in [0.1, 0.15) is 29.8 Å². The van der Waals surface area contributed by atoms with E-state index in [4.69, 9.17) is 9.47 Å². The van der Waals surface area contributed by atoms with Crippen molar-refractivity contribution in [3.63, 3.8) is 0 Å². The largest absolute Gasteiger partial charge is 0.482 e. The average Bonchev–Trinajstić information content (AvgIpc) is 2.62. The van der Waals surface area contributed by atoms with Gasteiger partial charge in [-0.05, 0) is 45.0 Å². The highest BCUT2D eigenvalue weighted by atomic mass is 16.6. The molecule has 0 saturated heterocycles. The Kier molecular flexibility index (Phi) is 6.49. The van der Waals surface area contributed by atoms with Crippen LogP contribution in [0.25, 0.3) is 0 Å². The number of hydrogen-bond donors (Lipinski definition) is 1. The molecule has 136 valence electrons. The molecule has 0 radical (unpaired) electrons. The molecule has 1 atom stereocenters. The number of benzene rings is 2. The van der Waals surface area contributed by atoms with Crippen molar-refractivity contribution in [2.45, 2.75) is 26.9 Å². The van der Waals surface area contributed by atoms with E-state index in [9.17, 15) is 14.4 Å². The lowest BCUT2D eigenvalue weighted by atomic mass is 10.1. The normalized spacial score (nSPS) is 11.3. The quantitative estimate of drug-likeness (QED) is 0.609. The molecule has 26 heavy (non-hydrogen) atoms. The molecule has 0 aliphatic rings. The van der Waals surface area contributed by atoms with E-state index in [2.05, 4.69) is 5.32 Å². The van der Waals surface area contributed by atoms with Crippen LogP contribution in [0.15, 0.2) is 48.5 Å². The van der Waals surface area contributed by atoms with Gasteiger partial charge < -0.3 is 14.8 Å². The lowest BCUT2D eigenvalue weighted by Gasteiger charge is -2.14. The van der Waals surface area contributed by atoms with Gasteiger partial charge in [0.15, 0.2) is 18.5 Å². The number of carbonyl (C=O) groups is 3. The Labute approximate surface area is 152 Å². The van der Waals surface area contributed by atoms with Crippen LogP contribution in [-0.4, -0.2) is 30.4 Å². The Balaban J connectivity index is 1.82. The van der Waals surface area contributed by atoms with E-state index in [-0.39, 0.29) is 12.4 Å². The first-order valence-corrected chi connectivity index (χ1v) is 8.16. The minimum absolute atomic E-state index is 0.0978. The molecule has 6 heteroatoms. The Bertz CT molecular complexity index is 798. The Morgan fingerprint density at radius 1 is 1.08 bits per heavy atom. The van der Waals surface area contributed by atoms with Crippen molar-refractivity contribution in [3.05, 3.63) is 59.7 Å². The highest BCUT2D eigenvalue weighted by molar-refractivity contribution is 5.95. The van der Waals surface area contributed by atoms with Gasteiger partial charge in [0.25, 0.3) is 5.91 Å². The lowest BCUT2D eigenvalue weighted by molar-refractivity contribution is -0.155. The zero-order valence-electron chi connectivity index (χ0n) is 14.9. The van der Waals surface area contributed by atoms with Crippen molar-refractivity contribution in [2.75, 3.05) is 11.9 Å². The first-order valence-electron chi connectivity index (χ1n) is 8.16. The molecule has 2 aromatic rings. The van der Waals surface area contributed by atoms with Gasteiger partial charge in [-0.25, -0.2) is 4.79 Å². The molecule has 0 saturated carbocycles. The summed E-state index contributed by atoms with van der Waals surface area (Å²) in [4.78, 5) is 35.2. The van der Waals surface area contributed by atoms with Gasteiger partial charge in [-0.1, -0.05) is 29.8 Å². The number of rotatable bonds is 7. The van der Waals surface area contributed by atoms with E-state index in [1.165, 1.54) is 13.8 Å². The molecule has 0 aliphatic carbocycles. The third kappa shape index (κ3) is 5.73. The number of amides is 1. The Morgan fingerprint density at radius 2 is 1.77 bits per heavy atom. The van der Waals surface area contributed by atoms with Crippen molar-refractivity contribution >= 4 is 23.3 Å². The summed E-state index contributed by atoms with van der Waals surface area (Å²) in [6, 6.07) is 13.8. The summed E-state index contributed by atoms with van der Waals surface area (Å²) in [5.41, 5.74) is 2.19. The lowest BCUT2D eigenvalue weighted by Crippen LogP contribution is -2.31. The first-order chi connectivity index (χ1) is 12.3. The molecule has 0 heterocycles. The van der Waals surface area contributed by atoms with Gasteiger partial charge in [0.05, 0.1) is 0 Å². The third-order valence-corrected chi connectivity index (χ3v) is 3.59. The predicted molar refractivity (Wildman–Crippen MR) is 97.3 cm³/mol. The molecule has 2 rings (SSSR count). The van der Waals surface area contributed by atoms with Gasteiger partial charge >= 0.3 is 5.97 Å². The van der Waals surface area contributed by atoms with Crippen LogP contribution in [0.5, 0.6) is 5.75 Å². The fourth-order valence-corrected chi connectivity index (χ4v) is 2.11. The van der Waals surface area contributed by atoms with Crippen LogP contribution in [0, 0.1) is 6.92 Å². The number of Topliss-reactive ketones (excluding diaryl/α,β-unsaturated/α-hetero) is 1. The van der Waals surface area contributed by atoms with Crippen LogP contribution in [0.2, 0.25) is 0 Å². The van der Waals surface area contributed by atoms with E-state index in [0.717, 1.165) is 5.56 Å². The fraction of sp³-hybridized carbons (Fsp3) is 0.250. The number of carbonyl (C=O) groups excluding carboxylic acids is 3. The van der Waals surface area contributed by atoms with E-state index in [1.54, 1.807) is 36.4 Å². The van der Waals surface area contributed by atoms with Crippen LogP contribution in [-0.2, 0) is 14.3 Å². The second-order valence-corrected chi connectivity index (χ2v) is 5.86. The molecule has 0 bridgehead atoms. The molecule has 2 aromatic carbocycles. The highest BCUT2D eigenvalue weighted by Crippen LogP contribution is 2.14. The number of esters is 1. The van der Waals surface area contributed by atoms with E-state index >= 15 is 0 Å². The van der Waals surface area contributed by atoms with Gasteiger partial charge in [-0.15, -0.1) is 0 Å². The van der Waals surface area contributed by atoms with Crippen molar-refractivity contribution in [1.82, 2.24) is 0 Å². The van der Waals surface area contributed by atoms with Gasteiger partial charge in [0.1, 0.15) is 5.75 Å². The third-order valence-electron chi connectivity index (χ3n) is 3.59. The minimum atomic E-state index is -0.962. The zero-order chi connectivity index (χ0) is 19.1. The highest BCUT2D eigenvalue weighted by Gasteiger charge is 2.18. The summed E-state index contributed by atoms with van der Waals surface area (Å²) in [5, 5.41) is 2.67. The monoisotopic (exact) mass is 355 g/mol. The number of ketones is 1. The maximum Gasteiger partial charge on any atom is 0.344 e. The molecule has 0 fully saturated rings. The van der Waals surface area contributed by atoms with E-state index < -0.39 is 18.0 Å². The summed E-state index contributed by atoms with van der Waals surface area (Å²) in [5.74, 6) is -0.823. The van der Waals surface area contributed by atoms with Crippen LogP contribution in [0.4, 0.5) is 5.69 Å². The molecule has 1 amide bonds. The van der Waals surface area contributed by atoms with Gasteiger partial charge in [-0.2, -0.15) is 0 Å². The first kappa shape index (κ1) is 19.2. The standard InChI is InChI=1S/C20H21NO5/c1-13-7-9-17(10-8-13)21-20(24)15(3)26-19(23)12-25-18-6-4-5-16(11-18)14(2)22/h4-11,15H,12H2,1-3H3,(H,21,24)/t15-/m1/s1. The summed E-state index contributed by atoms with van der Waals surface area (Å²) < 4.78 is 10.4. The molecule has 6 nitrogen and oxygen atoms in total. The maximum absolute atomic E-state index is 12.1. The predicted octanol–water partition coefficient (Wildman–Crippen LogP) is 3.15. The molecule has 0 aliphatic heterocycles. The van der Waals surface area contributed by atoms with Gasteiger partial charge in [-0.3, -0.25) is 9.59 Å². The number of ether oxygens (including phenoxy) is 2.